The van der Waals surface area contributed by atoms with Crippen molar-refractivity contribution in [1.29, 1.82) is 0 Å². The second-order valence-electron chi connectivity index (χ2n) is 2.73. The molecule has 0 aliphatic carbocycles. The number of hydrogen-bond acceptors (Lipinski definition) is 3. The zero-order valence-corrected chi connectivity index (χ0v) is 9.76. The fourth-order valence-corrected chi connectivity index (χ4v) is 1.58. The molecule has 0 saturated carbocycles. The highest BCUT2D eigenvalue weighted by atomic mass is 127. The number of rotatable bonds is 2. The summed E-state index contributed by atoms with van der Waals surface area (Å²) in [4.78, 5) is 3.83. The maximum atomic E-state index is 11.9. The fraction of sp³-hybridized carbons (Fsp3) is 0.375. The van der Waals surface area contributed by atoms with Crippen LogP contribution in [0.5, 0.6) is 5.75 Å². The van der Waals surface area contributed by atoms with E-state index in [1.54, 1.807) is 29.5 Å². The van der Waals surface area contributed by atoms with E-state index in [0.717, 1.165) is 6.07 Å². The average molecular weight is 333 g/mol. The summed E-state index contributed by atoms with van der Waals surface area (Å²) in [5.41, 5.74) is 0.797. The van der Waals surface area contributed by atoms with Crippen molar-refractivity contribution in [2.24, 2.45) is 0 Å². The minimum Gasteiger partial charge on any atom is -0.403 e. The van der Waals surface area contributed by atoms with Gasteiger partial charge in [0.25, 0.3) is 0 Å². The topological polar surface area (TPSA) is 42.4 Å². The Bertz CT molecular complexity index is 368. The molecule has 0 bridgehead atoms. The van der Waals surface area contributed by atoms with Crippen LogP contribution in [0.3, 0.4) is 0 Å². The highest BCUT2D eigenvalue weighted by Gasteiger charge is 2.32. The predicted molar refractivity (Wildman–Crippen MR) is 54.3 cm³/mol. The van der Waals surface area contributed by atoms with Crippen LogP contribution in [0.2, 0.25) is 0 Å². The van der Waals surface area contributed by atoms with Gasteiger partial charge in [0, 0.05) is 11.3 Å². The summed E-state index contributed by atoms with van der Waals surface area (Å²) < 4.78 is 39.7. The Morgan fingerprint density at radius 3 is 2.60 bits per heavy atom. The van der Waals surface area contributed by atoms with E-state index < -0.39 is 12.1 Å². The van der Waals surface area contributed by atoms with E-state index in [2.05, 4.69) is 9.72 Å². The Balaban J connectivity index is 3.08. The van der Waals surface area contributed by atoms with Crippen molar-refractivity contribution in [3.05, 3.63) is 21.0 Å². The molecule has 84 valence electrons. The smallest absolute Gasteiger partial charge is 0.403 e. The zero-order chi connectivity index (χ0) is 11.6. The normalized spacial score (nSPS) is 11.6. The molecule has 1 N–H and O–H groups in total. The van der Waals surface area contributed by atoms with Crippen LogP contribution in [-0.4, -0.2) is 16.5 Å². The number of alkyl halides is 3. The van der Waals surface area contributed by atoms with E-state index in [9.17, 15) is 13.2 Å². The van der Waals surface area contributed by atoms with E-state index in [0.29, 0.717) is 11.3 Å². The number of pyridine rings is 1. The van der Waals surface area contributed by atoms with Crippen molar-refractivity contribution < 1.29 is 23.0 Å². The van der Waals surface area contributed by atoms with Gasteiger partial charge in [-0.2, -0.15) is 0 Å². The first-order valence-corrected chi connectivity index (χ1v) is 4.94. The number of hydrogen-bond donors (Lipinski definition) is 1. The van der Waals surface area contributed by atoms with Crippen molar-refractivity contribution in [2.75, 3.05) is 0 Å². The summed E-state index contributed by atoms with van der Waals surface area (Å²) in [6, 6.07) is 1.14. The molecule has 1 rings (SSSR count). The number of aliphatic hydroxyl groups is 1. The van der Waals surface area contributed by atoms with Gasteiger partial charge in [0.05, 0.1) is 6.61 Å². The van der Waals surface area contributed by atoms with Crippen molar-refractivity contribution in [3.8, 4) is 5.75 Å². The molecule has 1 aromatic rings. The number of aromatic nitrogens is 1. The molecule has 0 amide bonds. The van der Waals surface area contributed by atoms with Crippen LogP contribution in [0.4, 0.5) is 13.2 Å². The molecule has 0 fully saturated rings. The zero-order valence-electron chi connectivity index (χ0n) is 7.60. The van der Waals surface area contributed by atoms with Gasteiger partial charge in [-0.1, -0.05) is 0 Å². The van der Waals surface area contributed by atoms with Gasteiger partial charge in [0.15, 0.2) is 5.75 Å². The Hall–Kier alpha value is -0.570. The Kier molecular flexibility index (Phi) is 3.77. The van der Waals surface area contributed by atoms with Gasteiger partial charge in [-0.25, -0.2) is 4.98 Å². The molecule has 1 aromatic heterocycles. The van der Waals surface area contributed by atoms with Gasteiger partial charge in [-0.15, -0.1) is 13.2 Å². The molecule has 0 aliphatic rings. The van der Waals surface area contributed by atoms with Crippen LogP contribution in [0.1, 0.15) is 11.3 Å². The number of nitrogens with zero attached hydrogens (tertiary/aromatic N) is 1. The van der Waals surface area contributed by atoms with E-state index in [1.807, 2.05) is 0 Å². The summed E-state index contributed by atoms with van der Waals surface area (Å²) >= 11 is 1.64. The standard InChI is InChI=1S/C8H7F3INO2/c1-4-5(3-14)2-6(7(12)13-4)15-8(9,10)11/h2,14H,3H2,1H3. The van der Waals surface area contributed by atoms with Crippen LogP contribution >= 0.6 is 22.6 Å². The van der Waals surface area contributed by atoms with Crippen LogP contribution in [0, 0.1) is 10.6 Å². The number of halogens is 4. The van der Waals surface area contributed by atoms with Crippen molar-refractivity contribution in [1.82, 2.24) is 4.98 Å². The largest absolute Gasteiger partial charge is 0.573 e. The van der Waals surface area contributed by atoms with Crippen LogP contribution in [0.15, 0.2) is 6.07 Å². The summed E-state index contributed by atoms with van der Waals surface area (Å²) in [5, 5.41) is 8.85. The van der Waals surface area contributed by atoms with Gasteiger partial charge >= 0.3 is 6.36 Å². The van der Waals surface area contributed by atoms with Crippen molar-refractivity contribution >= 4 is 22.6 Å². The van der Waals surface area contributed by atoms with Crippen molar-refractivity contribution in [3.63, 3.8) is 0 Å². The number of aliphatic hydroxyl groups excluding tert-OH is 1. The molecule has 0 unspecified atom stereocenters. The molecule has 1 heterocycles. The van der Waals surface area contributed by atoms with Gasteiger partial charge in [-0.05, 0) is 35.6 Å². The molecule has 0 atom stereocenters. The lowest BCUT2D eigenvalue weighted by Crippen LogP contribution is -2.18. The maximum Gasteiger partial charge on any atom is 0.573 e. The molecule has 3 nitrogen and oxygen atoms in total. The van der Waals surface area contributed by atoms with Gasteiger partial charge in [0.1, 0.15) is 3.70 Å². The summed E-state index contributed by atoms with van der Waals surface area (Å²) in [5.74, 6) is -0.391. The third-order valence-corrected chi connectivity index (χ3v) is 2.41. The van der Waals surface area contributed by atoms with Crippen molar-refractivity contribution in [2.45, 2.75) is 19.9 Å². The lowest BCUT2D eigenvalue weighted by atomic mass is 10.2. The summed E-state index contributed by atoms with van der Waals surface area (Å²) in [6.07, 6.45) is -4.75. The second-order valence-corrected chi connectivity index (χ2v) is 3.75. The molecule has 0 saturated heterocycles. The molecular weight excluding hydrogens is 326 g/mol. The summed E-state index contributed by atoms with van der Waals surface area (Å²) in [7, 11) is 0. The highest BCUT2D eigenvalue weighted by molar-refractivity contribution is 14.1. The monoisotopic (exact) mass is 333 g/mol. The Morgan fingerprint density at radius 2 is 2.13 bits per heavy atom. The Labute approximate surface area is 97.4 Å². The van der Waals surface area contributed by atoms with Gasteiger partial charge in [-0.3, -0.25) is 0 Å². The van der Waals surface area contributed by atoms with E-state index in [-0.39, 0.29) is 10.3 Å². The number of ether oxygens (including phenoxy) is 1. The van der Waals surface area contributed by atoms with Crippen LogP contribution in [0.25, 0.3) is 0 Å². The minimum absolute atomic E-state index is 0.111. The fourth-order valence-electron chi connectivity index (χ4n) is 0.953. The SMILES string of the molecule is Cc1nc(I)c(OC(F)(F)F)cc1CO. The molecule has 0 aromatic carbocycles. The lowest BCUT2D eigenvalue weighted by Gasteiger charge is -2.12. The molecule has 15 heavy (non-hydrogen) atoms. The maximum absolute atomic E-state index is 11.9. The molecule has 0 radical (unpaired) electrons. The second kappa shape index (κ2) is 4.52. The number of aryl methyl sites for hydroxylation is 1. The highest BCUT2D eigenvalue weighted by Crippen LogP contribution is 2.28. The van der Waals surface area contributed by atoms with Gasteiger partial charge in [0.2, 0.25) is 0 Å². The molecule has 0 aliphatic heterocycles. The third kappa shape index (κ3) is 3.49. The quantitative estimate of drug-likeness (QED) is 0.668. The molecular formula is C8H7F3INO2. The lowest BCUT2D eigenvalue weighted by molar-refractivity contribution is -0.275. The minimum atomic E-state index is -4.75. The summed E-state index contributed by atoms with van der Waals surface area (Å²) in [6.45, 7) is 1.23. The Morgan fingerprint density at radius 1 is 1.53 bits per heavy atom. The van der Waals surface area contributed by atoms with Gasteiger partial charge < -0.3 is 9.84 Å². The van der Waals surface area contributed by atoms with Crippen LogP contribution < -0.4 is 4.74 Å². The van der Waals surface area contributed by atoms with Crippen LogP contribution in [-0.2, 0) is 6.61 Å². The average Bonchev–Trinajstić information content (AvgIpc) is 2.07. The first kappa shape index (κ1) is 12.5. The van der Waals surface area contributed by atoms with E-state index in [1.165, 1.54) is 0 Å². The molecule has 7 heteroatoms. The van der Waals surface area contributed by atoms with E-state index in [4.69, 9.17) is 5.11 Å². The predicted octanol–water partition coefficient (Wildman–Crippen LogP) is 2.39. The third-order valence-electron chi connectivity index (χ3n) is 1.64. The molecule has 0 spiro atoms. The first-order chi connectivity index (χ1) is 6.83. The van der Waals surface area contributed by atoms with E-state index >= 15 is 0 Å². The first-order valence-electron chi connectivity index (χ1n) is 3.86.